The molecule has 5 heteroatoms. The first-order valence-corrected chi connectivity index (χ1v) is 4.19. The molecule has 0 fully saturated rings. The van der Waals surface area contributed by atoms with Crippen molar-refractivity contribution in [2.45, 2.75) is 19.3 Å². The number of hydrogen-bond acceptors (Lipinski definition) is 4. The van der Waals surface area contributed by atoms with Crippen LogP contribution in [-0.4, -0.2) is 26.0 Å². The summed E-state index contributed by atoms with van der Waals surface area (Å²) in [5.74, 6) is 0.891. The lowest BCUT2D eigenvalue weighted by Gasteiger charge is -1.93. The van der Waals surface area contributed by atoms with Crippen molar-refractivity contribution in [3.63, 3.8) is 0 Å². The predicted molar refractivity (Wildman–Crippen MR) is 44.8 cm³/mol. The van der Waals surface area contributed by atoms with E-state index in [4.69, 9.17) is 0 Å². The molecule has 1 aromatic rings. The number of rotatable bonds is 2. The number of carbonyl (C=O) groups is 1. The number of hydrogen-bond donors (Lipinski definition) is 0. The highest BCUT2D eigenvalue weighted by molar-refractivity contribution is 5.92. The van der Waals surface area contributed by atoms with Crippen LogP contribution in [0.25, 0.3) is 0 Å². The average Bonchev–Trinajstić information content (AvgIpc) is 2.62. The van der Waals surface area contributed by atoms with E-state index in [0.29, 0.717) is 18.7 Å². The van der Waals surface area contributed by atoms with Crippen LogP contribution < -0.4 is 0 Å². The fraction of sp³-hybridized carbons (Fsp3) is 0.500. The number of aromatic nitrogens is 4. The van der Waals surface area contributed by atoms with Crippen molar-refractivity contribution < 1.29 is 4.79 Å². The van der Waals surface area contributed by atoms with Gasteiger partial charge >= 0.3 is 0 Å². The van der Waals surface area contributed by atoms with Gasteiger partial charge in [-0.1, -0.05) is 5.57 Å². The van der Waals surface area contributed by atoms with Crippen molar-refractivity contribution in [1.29, 1.82) is 0 Å². The van der Waals surface area contributed by atoms with Crippen LogP contribution in [0, 0.1) is 0 Å². The molecule has 0 aliphatic heterocycles. The van der Waals surface area contributed by atoms with Gasteiger partial charge in [-0.05, 0) is 17.7 Å². The minimum absolute atomic E-state index is 0.207. The average molecular weight is 178 g/mol. The van der Waals surface area contributed by atoms with Crippen LogP contribution in [0.3, 0.4) is 0 Å². The van der Waals surface area contributed by atoms with Gasteiger partial charge in [-0.15, -0.1) is 10.2 Å². The van der Waals surface area contributed by atoms with Crippen LogP contribution in [0.1, 0.15) is 18.7 Å². The van der Waals surface area contributed by atoms with Gasteiger partial charge in [0.25, 0.3) is 0 Å². The second kappa shape index (κ2) is 3.08. The van der Waals surface area contributed by atoms with E-state index in [1.54, 1.807) is 13.1 Å². The van der Waals surface area contributed by atoms with Gasteiger partial charge in [0, 0.05) is 12.8 Å². The van der Waals surface area contributed by atoms with E-state index in [2.05, 4.69) is 15.4 Å². The maximum Gasteiger partial charge on any atom is 0.178 e. The highest BCUT2D eigenvalue weighted by atomic mass is 16.1. The summed E-state index contributed by atoms with van der Waals surface area (Å²) in [6, 6.07) is 0. The molecule has 0 amide bonds. The minimum Gasteiger partial charge on any atom is -0.295 e. The standard InChI is InChI=1S/C8H10N4O/c1-12-10-8(9-11-12)5-6-2-3-7(13)4-6/h4H,2-3,5H2,1H3. The third kappa shape index (κ3) is 1.80. The SMILES string of the molecule is Cn1nnc(CC2=CC(=O)CC2)n1. The summed E-state index contributed by atoms with van der Waals surface area (Å²) in [4.78, 5) is 12.3. The molecule has 0 saturated heterocycles. The summed E-state index contributed by atoms with van der Waals surface area (Å²) < 4.78 is 0. The molecule has 0 spiro atoms. The van der Waals surface area contributed by atoms with Gasteiger partial charge in [0.05, 0.1) is 7.05 Å². The molecule has 0 radical (unpaired) electrons. The Labute approximate surface area is 75.4 Å². The van der Waals surface area contributed by atoms with Crippen LogP contribution in [-0.2, 0) is 18.3 Å². The van der Waals surface area contributed by atoms with Crippen molar-refractivity contribution >= 4 is 5.78 Å². The second-order valence-electron chi connectivity index (χ2n) is 3.14. The third-order valence-corrected chi connectivity index (χ3v) is 1.99. The molecule has 1 aliphatic rings. The Morgan fingerprint density at radius 1 is 1.54 bits per heavy atom. The number of tetrazole rings is 1. The largest absolute Gasteiger partial charge is 0.295 e. The van der Waals surface area contributed by atoms with Gasteiger partial charge in [0.2, 0.25) is 0 Å². The van der Waals surface area contributed by atoms with Gasteiger partial charge in [-0.3, -0.25) is 4.79 Å². The monoisotopic (exact) mass is 178 g/mol. The Kier molecular flexibility index (Phi) is 1.92. The van der Waals surface area contributed by atoms with Gasteiger partial charge in [0.1, 0.15) is 0 Å². The first-order valence-electron chi connectivity index (χ1n) is 4.19. The topological polar surface area (TPSA) is 60.7 Å². The molecule has 1 heterocycles. The molecule has 0 aromatic carbocycles. The van der Waals surface area contributed by atoms with Crippen LogP contribution in [0.4, 0.5) is 0 Å². The summed E-state index contributed by atoms with van der Waals surface area (Å²) >= 11 is 0. The molecule has 0 unspecified atom stereocenters. The third-order valence-electron chi connectivity index (χ3n) is 1.99. The van der Waals surface area contributed by atoms with Gasteiger partial charge in [-0.2, -0.15) is 4.80 Å². The molecular formula is C8H10N4O. The number of allylic oxidation sites excluding steroid dienone is 2. The van der Waals surface area contributed by atoms with E-state index in [1.807, 2.05) is 0 Å². The quantitative estimate of drug-likeness (QED) is 0.641. The fourth-order valence-corrected chi connectivity index (χ4v) is 1.39. The van der Waals surface area contributed by atoms with Crippen molar-refractivity contribution in [3.05, 3.63) is 17.5 Å². The Morgan fingerprint density at radius 3 is 2.92 bits per heavy atom. The van der Waals surface area contributed by atoms with E-state index in [9.17, 15) is 4.79 Å². The van der Waals surface area contributed by atoms with Crippen LogP contribution >= 0.6 is 0 Å². The van der Waals surface area contributed by atoms with Crippen molar-refractivity contribution in [2.75, 3.05) is 0 Å². The highest BCUT2D eigenvalue weighted by Crippen LogP contribution is 2.17. The van der Waals surface area contributed by atoms with Crippen LogP contribution in [0.2, 0.25) is 0 Å². The first kappa shape index (κ1) is 8.10. The molecule has 0 saturated carbocycles. The van der Waals surface area contributed by atoms with Crippen molar-refractivity contribution in [3.8, 4) is 0 Å². The molecule has 1 aromatic heterocycles. The molecule has 0 atom stereocenters. The molecule has 5 nitrogen and oxygen atoms in total. The molecular weight excluding hydrogens is 168 g/mol. The fourth-order valence-electron chi connectivity index (χ4n) is 1.39. The van der Waals surface area contributed by atoms with Crippen LogP contribution in [0.5, 0.6) is 0 Å². The Morgan fingerprint density at radius 2 is 2.38 bits per heavy atom. The molecule has 1 aliphatic carbocycles. The summed E-state index contributed by atoms with van der Waals surface area (Å²) in [5.41, 5.74) is 1.11. The lowest BCUT2D eigenvalue weighted by molar-refractivity contribution is -0.114. The molecule has 68 valence electrons. The zero-order valence-corrected chi connectivity index (χ0v) is 7.40. The minimum atomic E-state index is 0.207. The zero-order valence-electron chi connectivity index (χ0n) is 7.40. The van der Waals surface area contributed by atoms with E-state index in [0.717, 1.165) is 12.0 Å². The summed E-state index contributed by atoms with van der Waals surface area (Å²) in [6.07, 6.45) is 3.82. The van der Waals surface area contributed by atoms with E-state index >= 15 is 0 Å². The van der Waals surface area contributed by atoms with Gasteiger partial charge in [0.15, 0.2) is 11.6 Å². The normalized spacial score (nSPS) is 16.4. The van der Waals surface area contributed by atoms with Crippen molar-refractivity contribution in [1.82, 2.24) is 20.2 Å². The number of nitrogens with zero attached hydrogens (tertiary/aromatic N) is 4. The predicted octanol–water partition coefficient (Wildman–Crippen LogP) is 0.0419. The van der Waals surface area contributed by atoms with E-state index < -0.39 is 0 Å². The smallest absolute Gasteiger partial charge is 0.178 e. The summed E-state index contributed by atoms with van der Waals surface area (Å²) in [7, 11) is 1.73. The molecule has 13 heavy (non-hydrogen) atoms. The molecule has 0 bridgehead atoms. The molecule has 2 rings (SSSR count). The highest BCUT2D eigenvalue weighted by Gasteiger charge is 2.13. The second-order valence-corrected chi connectivity index (χ2v) is 3.14. The van der Waals surface area contributed by atoms with Crippen molar-refractivity contribution in [2.24, 2.45) is 7.05 Å². The van der Waals surface area contributed by atoms with E-state index in [1.165, 1.54) is 4.80 Å². The van der Waals surface area contributed by atoms with Gasteiger partial charge < -0.3 is 0 Å². The summed E-state index contributed by atoms with van der Waals surface area (Å²) in [6.45, 7) is 0. The molecule has 0 N–H and O–H groups in total. The van der Waals surface area contributed by atoms with Gasteiger partial charge in [-0.25, -0.2) is 0 Å². The number of aryl methyl sites for hydroxylation is 1. The van der Waals surface area contributed by atoms with E-state index in [-0.39, 0.29) is 5.78 Å². The number of ketones is 1. The Balaban J connectivity index is 2.06. The maximum absolute atomic E-state index is 10.9. The Hall–Kier alpha value is -1.52. The Bertz CT molecular complexity index is 366. The lowest BCUT2D eigenvalue weighted by atomic mass is 10.2. The lowest BCUT2D eigenvalue weighted by Crippen LogP contribution is -1.94. The van der Waals surface area contributed by atoms with Crippen LogP contribution in [0.15, 0.2) is 11.6 Å². The zero-order chi connectivity index (χ0) is 9.26. The summed E-state index contributed by atoms with van der Waals surface area (Å²) in [5, 5.41) is 11.6. The number of carbonyl (C=O) groups excluding carboxylic acids is 1. The first-order chi connectivity index (χ1) is 6.24. The maximum atomic E-state index is 10.9.